The minimum atomic E-state index is -0.0787. The van der Waals surface area contributed by atoms with Gasteiger partial charge in [-0.15, -0.1) is 0 Å². The summed E-state index contributed by atoms with van der Waals surface area (Å²) in [6, 6.07) is 1.66. The summed E-state index contributed by atoms with van der Waals surface area (Å²) in [5.41, 5.74) is 2.90. The van der Waals surface area contributed by atoms with Crippen molar-refractivity contribution in [3.05, 3.63) is 34.1 Å². The van der Waals surface area contributed by atoms with Gasteiger partial charge in [0, 0.05) is 6.54 Å². The van der Waals surface area contributed by atoms with Crippen LogP contribution in [0.5, 0.6) is 11.5 Å². The van der Waals surface area contributed by atoms with Gasteiger partial charge in [0.2, 0.25) is 5.78 Å². The molecule has 0 unspecified atom stereocenters. The molecule has 1 aliphatic heterocycles. The second-order valence-corrected chi connectivity index (χ2v) is 6.25. The largest absolute Gasteiger partial charge is 0.507 e. The third kappa shape index (κ3) is 3.02. The number of unbranched alkanes of at least 4 members (excludes halogenated alkanes) is 1. The fraction of sp³-hybridized carbons (Fsp3) is 0.500. The molecule has 0 bridgehead atoms. The number of phenolic OH excluding ortho intramolecular Hbond substituents is 1. The summed E-state index contributed by atoms with van der Waals surface area (Å²) in [5.74, 6) is 1.04. The van der Waals surface area contributed by atoms with Crippen molar-refractivity contribution in [2.45, 2.75) is 47.1 Å². The summed E-state index contributed by atoms with van der Waals surface area (Å²) in [7, 11) is 2.01. The van der Waals surface area contributed by atoms with Gasteiger partial charge in [0.15, 0.2) is 5.76 Å². The van der Waals surface area contributed by atoms with Crippen LogP contribution in [0.25, 0.3) is 0 Å². The van der Waals surface area contributed by atoms with Crippen molar-refractivity contribution in [2.24, 2.45) is 0 Å². The Morgan fingerprint density at radius 3 is 2.64 bits per heavy atom. The molecule has 1 heterocycles. The molecule has 0 aliphatic carbocycles. The number of carbonyl (C=O) groups is 1. The van der Waals surface area contributed by atoms with Gasteiger partial charge >= 0.3 is 0 Å². The van der Waals surface area contributed by atoms with Gasteiger partial charge in [0.05, 0.1) is 11.1 Å². The topological polar surface area (TPSA) is 49.8 Å². The lowest BCUT2D eigenvalue weighted by atomic mass is 9.99. The monoisotopic (exact) mass is 303 g/mol. The molecule has 0 amide bonds. The van der Waals surface area contributed by atoms with Crippen LogP contribution in [0.3, 0.4) is 0 Å². The number of nitrogens with zero attached hydrogens (tertiary/aromatic N) is 1. The lowest BCUT2D eigenvalue weighted by Crippen LogP contribution is -2.19. The fourth-order valence-electron chi connectivity index (χ4n) is 2.73. The normalized spacial score (nSPS) is 13.5. The maximum atomic E-state index is 12.5. The molecule has 1 aliphatic rings. The molecular weight excluding hydrogens is 278 g/mol. The van der Waals surface area contributed by atoms with Gasteiger partial charge in [-0.2, -0.15) is 0 Å². The Labute approximate surface area is 132 Å². The minimum absolute atomic E-state index is 0.0787. The number of phenols is 1. The number of rotatable bonds is 5. The number of fused-ring (bicyclic) bond motifs is 1. The maximum Gasteiger partial charge on any atom is 0.232 e. The molecule has 0 atom stereocenters. The molecule has 1 aromatic rings. The number of Topliss-reactive ketones (excluding diaryl/α,β-unsaturated/α-hetero) is 1. The van der Waals surface area contributed by atoms with Crippen molar-refractivity contribution < 1.29 is 14.6 Å². The van der Waals surface area contributed by atoms with E-state index in [2.05, 4.69) is 11.8 Å². The van der Waals surface area contributed by atoms with Gasteiger partial charge < -0.3 is 14.7 Å². The van der Waals surface area contributed by atoms with Crippen LogP contribution in [-0.2, 0) is 6.54 Å². The Bertz CT molecular complexity index is 628. The highest BCUT2D eigenvalue weighted by Crippen LogP contribution is 2.42. The first kappa shape index (κ1) is 16.6. The molecule has 0 saturated heterocycles. The average Bonchev–Trinajstić information content (AvgIpc) is 2.79. The quantitative estimate of drug-likeness (QED) is 0.841. The molecule has 4 nitrogen and oxygen atoms in total. The van der Waals surface area contributed by atoms with Gasteiger partial charge in [-0.05, 0) is 58.0 Å². The first-order valence-corrected chi connectivity index (χ1v) is 7.80. The number of hydrogen-bond donors (Lipinski definition) is 1. The Balaban J connectivity index is 2.42. The summed E-state index contributed by atoms with van der Waals surface area (Å²) in [6.07, 6.45) is 2.23. The summed E-state index contributed by atoms with van der Waals surface area (Å²) in [6.45, 7) is 9.22. The molecule has 0 saturated carbocycles. The first-order valence-electron chi connectivity index (χ1n) is 7.80. The van der Waals surface area contributed by atoms with Crippen LogP contribution < -0.4 is 4.74 Å². The minimum Gasteiger partial charge on any atom is -0.507 e. The molecule has 22 heavy (non-hydrogen) atoms. The van der Waals surface area contributed by atoms with Crippen LogP contribution >= 0.6 is 0 Å². The van der Waals surface area contributed by atoms with Crippen molar-refractivity contribution in [1.29, 1.82) is 0 Å². The number of ether oxygens (including phenoxy) is 1. The number of carbonyl (C=O) groups excluding carboxylic acids is 1. The summed E-state index contributed by atoms with van der Waals surface area (Å²) in [4.78, 5) is 14.6. The zero-order chi connectivity index (χ0) is 16.4. The molecule has 0 fully saturated rings. The van der Waals surface area contributed by atoms with E-state index in [1.54, 1.807) is 6.07 Å². The van der Waals surface area contributed by atoms with Crippen LogP contribution in [0.1, 0.15) is 55.1 Å². The van der Waals surface area contributed by atoms with E-state index in [-0.39, 0.29) is 11.5 Å². The maximum absolute atomic E-state index is 12.5. The summed E-state index contributed by atoms with van der Waals surface area (Å²) in [5, 5.41) is 10.3. The highest BCUT2D eigenvalue weighted by atomic mass is 16.5. The predicted molar refractivity (Wildman–Crippen MR) is 87.4 cm³/mol. The molecule has 120 valence electrons. The van der Waals surface area contributed by atoms with E-state index in [4.69, 9.17) is 4.74 Å². The van der Waals surface area contributed by atoms with E-state index < -0.39 is 0 Å². The van der Waals surface area contributed by atoms with Crippen molar-refractivity contribution in [2.75, 3.05) is 13.6 Å². The van der Waals surface area contributed by atoms with Crippen molar-refractivity contribution in [3.8, 4) is 11.5 Å². The van der Waals surface area contributed by atoms with Crippen LogP contribution in [-0.4, -0.2) is 29.4 Å². The van der Waals surface area contributed by atoms with Crippen LogP contribution in [0.4, 0.5) is 0 Å². The molecule has 1 aromatic carbocycles. The van der Waals surface area contributed by atoms with E-state index in [0.717, 1.165) is 30.5 Å². The number of allylic oxidation sites excluding steroid dienone is 2. The van der Waals surface area contributed by atoms with E-state index >= 15 is 0 Å². The number of aryl methyl sites for hydroxylation is 1. The van der Waals surface area contributed by atoms with Gasteiger partial charge in [0.1, 0.15) is 11.5 Å². The molecular formula is C18H25NO3. The third-order valence-corrected chi connectivity index (χ3v) is 3.97. The van der Waals surface area contributed by atoms with Crippen LogP contribution in [0.15, 0.2) is 17.4 Å². The smallest absolute Gasteiger partial charge is 0.232 e. The van der Waals surface area contributed by atoms with Gasteiger partial charge in [-0.25, -0.2) is 0 Å². The highest BCUT2D eigenvalue weighted by molar-refractivity contribution is 6.14. The SMILES string of the molecule is CCCCN(C)Cc1c(O)cc(C)c2c1OC(=C(C)C)C2=O. The van der Waals surface area contributed by atoms with Gasteiger partial charge in [0.25, 0.3) is 0 Å². The molecule has 1 N–H and O–H groups in total. The zero-order valence-corrected chi connectivity index (χ0v) is 14.1. The molecule has 4 heteroatoms. The average molecular weight is 303 g/mol. The van der Waals surface area contributed by atoms with Crippen LogP contribution in [0.2, 0.25) is 0 Å². The molecule has 2 rings (SSSR count). The number of ketones is 1. The lowest BCUT2D eigenvalue weighted by molar-refractivity contribution is 0.101. The Morgan fingerprint density at radius 2 is 2.05 bits per heavy atom. The second-order valence-electron chi connectivity index (χ2n) is 6.25. The molecule has 0 spiro atoms. The Hall–Kier alpha value is -1.81. The van der Waals surface area contributed by atoms with Gasteiger partial charge in [-0.1, -0.05) is 13.3 Å². The first-order chi connectivity index (χ1) is 10.4. The third-order valence-electron chi connectivity index (χ3n) is 3.97. The van der Waals surface area contributed by atoms with E-state index in [0.29, 0.717) is 29.2 Å². The summed E-state index contributed by atoms with van der Waals surface area (Å²) >= 11 is 0. The lowest BCUT2D eigenvalue weighted by Gasteiger charge is -2.19. The predicted octanol–water partition coefficient (Wildman–Crippen LogP) is 3.80. The molecule has 0 aromatic heterocycles. The molecule has 0 radical (unpaired) electrons. The Kier molecular flexibility index (Phi) is 4.91. The van der Waals surface area contributed by atoms with Crippen LogP contribution in [0, 0.1) is 6.92 Å². The number of aromatic hydroxyl groups is 1. The standard InChI is InChI=1S/C18H25NO3/c1-6-7-8-19(5)10-13-14(20)9-12(4)15-16(21)17(11(2)3)22-18(13)15/h9,20H,6-8,10H2,1-5H3. The second kappa shape index (κ2) is 6.53. The number of benzene rings is 1. The zero-order valence-electron chi connectivity index (χ0n) is 14.1. The van der Waals surface area contributed by atoms with Gasteiger partial charge in [-0.3, -0.25) is 4.79 Å². The van der Waals surface area contributed by atoms with Crippen molar-refractivity contribution in [3.63, 3.8) is 0 Å². The number of hydrogen-bond acceptors (Lipinski definition) is 4. The van der Waals surface area contributed by atoms with E-state index in [9.17, 15) is 9.90 Å². The Morgan fingerprint density at radius 1 is 1.36 bits per heavy atom. The van der Waals surface area contributed by atoms with E-state index in [1.165, 1.54) is 0 Å². The summed E-state index contributed by atoms with van der Waals surface area (Å²) < 4.78 is 5.82. The van der Waals surface area contributed by atoms with Crippen molar-refractivity contribution >= 4 is 5.78 Å². The van der Waals surface area contributed by atoms with Crippen molar-refractivity contribution in [1.82, 2.24) is 4.90 Å². The highest BCUT2D eigenvalue weighted by Gasteiger charge is 2.33. The fourth-order valence-corrected chi connectivity index (χ4v) is 2.73. The van der Waals surface area contributed by atoms with E-state index in [1.807, 2.05) is 27.8 Å².